The Morgan fingerprint density at radius 2 is 1.76 bits per heavy atom. The Labute approximate surface area is 219 Å². The molecular weight excluding hydrogens is 493 g/mol. The monoisotopic (exact) mass is 524 g/mol. The highest BCUT2D eigenvalue weighted by molar-refractivity contribution is 5.93. The number of carbonyl (C=O) groups is 1. The second kappa shape index (κ2) is 9.90. The van der Waals surface area contributed by atoms with E-state index in [2.05, 4.69) is 25.1 Å². The van der Waals surface area contributed by atoms with Gasteiger partial charge in [-0.3, -0.25) is 14.7 Å². The number of benzene rings is 1. The molecule has 2 aliphatic heterocycles. The number of pyridine rings is 2. The van der Waals surface area contributed by atoms with E-state index in [-0.39, 0.29) is 17.6 Å². The van der Waals surface area contributed by atoms with Gasteiger partial charge in [-0.15, -0.1) is 0 Å². The van der Waals surface area contributed by atoms with Crippen LogP contribution in [-0.4, -0.2) is 52.6 Å². The maximum Gasteiger partial charge on any atom is 0.399 e. The predicted octanol–water partition coefficient (Wildman–Crippen LogP) is 4.99. The summed E-state index contributed by atoms with van der Waals surface area (Å²) in [7, 11) is 0. The van der Waals surface area contributed by atoms with Crippen LogP contribution in [0.5, 0.6) is 0 Å². The lowest BCUT2D eigenvalue weighted by molar-refractivity contribution is -0.181. The van der Waals surface area contributed by atoms with Crippen molar-refractivity contribution in [3.8, 4) is 11.1 Å². The first-order chi connectivity index (χ1) is 18.0. The third kappa shape index (κ3) is 5.05. The zero-order valence-corrected chi connectivity index (χ0v) is 21.4. The normalized spacial score (nSPS) is 17.6. The molecule has 4 heterocycles. The quantitative estimate of drug-likeness (QED) is 0.500. The number of anilines is 3. The van der Waals surface area contributed by atoms with Crippen LogP contribution in [0.15, 0.2) is 54.9 Å². The minimum absolute atomic E-state index is 0.00681. The molecule has 0 spiro atoms. The lowest BCUT2D eigenvalue weighted by atomic mass is 9.86. The Balaban J connectivity index is 1.32. The summed E-state index contributed by atoms with van der Waals surface area (Å²) in [5.74, 6) is 0.715. The van der Waals surface area contributed by atoms with Gasteiger partial charge in [0.1, 0.15) is 11.2 Å². The maximum absolute atomic E-state index is 13.6. The van der Waals surface area contributed by atoms with Gasteiger partial charge in [0.2, 0.25) is 5.91 Å². The van der Waals surface area contributed by atoms with Gasteiger partial charge in [0.05, 0.1) is 24.1 Å². The SMILES string of the molecule is CC(C)(c1cc(-c2cc(N3CCC(N4CC(=O)Nc5ccccc5C4)CC3)ncc2N)ccn1)C(F)(F)F. The van der Waals surface area contributed by atoms with E-state index < -0.39 is 11.6 Å². The average Bonchev–Trinajstić information content (AvgIpc) is 3.06. The number of nitrogens with one attached hydrogen (secondary N) is 1. The van der Waals surface area contributed by atoms with Gasteiger partial charge >= 0.3 is 6.18 Å². The Kier molecular flexibility index (Phi) is 6.77. The van der Waals surface area contributed by atoms with Crippen LogP contribution in [0.2, 0.25) is 0 Å². The van der Waals surface area contributed by atoms with E-state index in [1.165, 1.54) is 12.3 Å². The number of carbonyl (C=O) groups excluding carboxylic acids is 1. The molecule has 10 heteroatoms. The van der Waals surface area contributed by atoms with E-state index in [9.17, 15) is 18.0 Å². The van der Waals surface area contributed by atoms with Crippen molar-refractivity contribution in [3.63, 3.8) is 0 Å². The number of amides is 1. The summed E-state index contributed by atoms with van der Waals surface area (Å²) >= 11 is 0. The molecule has 200 valence electrons. The highest BCUT2D eigenvalue weighted by Crippen LogP contribution is 2.41. The average molecular weight is 525 g/mol. The molecule has 0 bridgehead atoms. The molecule has 0 aliphatic carbocycles. The standard InChI is InChI=1S/C28H31F3N6O/c1-27(2,28(29,30)31)24-13-18(7-10-33-24)21-14-25(34-15-22(21)32)36-11-8-20(9-12-36)37-16-19-5-3-4-6-23(19)35-26(38)17-37/h3-7,10,13-15,20H,8-9,11-12,16-17,32H2,1-2H3,(H,35,38). The fourth-order valence-corrected chi connectivity index (χ4v) is 5.11. The first-order valence-electron chi connectivity index (χ1n) is 12.7. The third-order valence-electron chi connectivity index (χ3n) is 7.66. The summed E-state index contributed by atoms with van der Waals surface area (Å²) in [5.41, 5.74) is 7.61. The molecule has 0 saturated carbocycles. The van der Waals surface area contributed by atoms with E-state index in [0.29, 0.717) is 29.9 Å². The number of alkyl halides is 3. The fraction of sp³-hybridized carbons (Fsp3) is 0.393. The van der Waals surface area contributed by atoms with Crippen molar-refractivity contribution in [2.24, 2.45) is 0 Å². The molecule has 3 N–H and O–H groups in total. The zero-order valence-electron chi connectivity index (χ0n) is 21.4. The molecule has 38 heavy (non-hydrogen) atoms. The number of hydrogen-bond acceptors (Lipinski definition) is 6. The van der Waals surface area contributed by atoms with Crippen LogP contribution in [0.3, 0.4) is 0 Å². The highest BCUT2D eigenvalue weighted by atomic mass is 19.4. The van der Waals surface area contributed by atoms with Crippen LogP contribution >= 0.6 is 0 Å². The van der Waals surface area contributed by atoms with Crippen molar-refractivity contribution < 1.29 is 18.0 Å². The number of para-hydroxylation sites is 1. The first kappa shape index (κ1) is 26.0. The number of piperidine rings is 1. The van der Waals surface area contributed by atoms with Crippen molar-refractivity contribution in [3.05, 3.63) is 66.1 Å². The summed E-state index contributed by atoms with van der Waals surface area (Å²) in [5, 5.41) is 2.99. The Morgan fingerprint density at radius 3 is 2.50 bits per heavy atom. The summed E-state index contributed by atoms with van der Waals surface area (Å²) < 4.78 is 40.8. The molecule has 3 aromatic rings. The van der Waals surface area contributed by atoms with Crippen LogP contribution in [0.4, 0.5) is 30.4 Å². The minimum Gasteiger partial charge on any atom is -0.397 e. The summed E-state index contributed by atoms with van der Waals surface area (Å²) in [6.45, 7) is 4.78. The van der Waals surface area contributed by atoms with E-state index in [0.717, 1.165) is 56.8 Å². The van der Waals surface area contributed by atoms with E-state index in [4.69, 9.17) is 5.73 Å². The molecule has 1 amide bonds. The Bertz CT molecular complexity index is 1330. The number of nitrogens with zero attached hydrogens (tertiary/aromatic N) is 4. The minimum atomic E-state index is -4.44. The maximum atomic E-state index is 13.6. The van der Waals surface area contributed by atoms with Crippen molar-refractivity contribution in [1.29, 1.82) is 0 Å². The molecule has 0 unspecified atom stereocenters. The second-order valence-corrected chi connectivity index (χ2v) is 10.5. The van der Waals surface area contributed by atoms with Gasteiger partial charge in [-0.2, -0.15) is 13.2 Å². The second-order valence-electron chi connectivity index (χ2n) is 10.5. The Hall–Kier alpha value is -3.66. The van der Waals surface area contributed by atoms with Gasteiger partial charge in [0, 0.05) is 43.1 Å². The number of fused-ring (bicyclic) bond motifs is 1. The van der Waals surface area contributed by atoms with E-state index in [1.54, 1.807) is 12.3 Å². The number of nitrogens with two attached hydrogens (primary N) is 1. The molecule has 0 atom stereocenters. The molecule has 2 aromatic heterocycles. The molecule has 1 fully saturated rings. The lowest BCUT2D eigenvalue weighted by Crippen LogP contribution is -2.46. The van der Waals surface area contributed by atoms with Crippen LogP contribution in [0, 0.1) is 0 Å². The molecule has 0 radical (unpaired) electrons. The van der Waals surface area contributed by atoms with E-state index in [1.807, 2.05) is 30.3 Å². The number of halogens is 3. The lowest BCUT2D eigenvalue weighted by Gasteiger charge is -2.38. The number of hydrogen-bond donors (Lipinski definition) is 2. The van der Waals surface area contributed by atoms with Gasteiger partial charge in [0.15, 0.2) is 0 Å². The van der Waals surface area contributed by atoms with Crippen molar-refractivity contribution in [2.75, 3.05) is 35.6 Å². The van der Waals surface area contributed by atoms with Gasteiger partial charge in [-0.25, -0.2) is 4.98 Å². The molecule has 2 aliphatic rings. The molecule has 1 saturated heterocycles. The van der Waals surface area contributed by atoms with Gasteiger partial charge in [-0.05, 0) is 62.1 Å². The van der Waals surface area contributed by atoms with Gasteiger partial charge < -0.3 is 16.0 Å². The van der Waals surface area contributed by atoms with Crippen LogP contribution in [0.1, 0.15) is 37.9 Å². The molecule has 5 rings (SSSR count). The number of rotatable bonds is 4. The topological polar surface area (TPSA) is 87.4 Å². The van der Waals surface area contributed by atoms with Gasteiger partial charge in [0.25, 0.3) is 0 Å². The largest absolute Gasteiger partial charge is 0.399 e. The summed E-state index contributed by atoms with van der Waals surface area (Å²) in [6.07, 6.45) is 0.223. The van der Waals surface area contributed by atoms with Crippen LogP contribution < -0.4 is 16.0 Å². The molecule has 7 nitrogen and oxygen atoms in total. The van der Waals surface area contributed by atoms with Gasteiger partial charge in [-0.1, -0.05) is 18.2 Å². The van der Waals surface area contributed by atoms with Crippen LogP contribution in [0.25, 0.3) is 11.1 Å². The zero-order chi connectivity index (χ0) is 27.1. The smallest absolute Gasteiger partial charge is 0.397 e. The van der Waals surface area contributed by atoms with Crippen LogP contribution in [-0.2, 0) is 16.8 Å². The predicted molar refractivity (Wildman–Crippen MR) is 142 cm³/mol. The summed E-state index contributed by atoms with van der Waals surface area (Å²) in [4.78, 5) is 25.4. The molecular formula is C28H31F3N6O. The number of aromatic nitrogens is 2. The fourth-order valence-electron chi connectivity index (χ4n) is 5.11. The Morgan fingerprint density at radius 1 is 1.03 bits per heavy atom. The van der Waals surface area contributed by atoms with Crippen molar-refractivity contribution in [1.82, 2.24) is 14.9 Å². The molecule has 1 aromatic carbocycles. The number of nitrogen functional groups attached to an aromatic ring is 1. The van der Waals surface area contributed by atoms with E-state index >= 15 is 0 Å². The van der Waals surface area contributed by atoms with Crippen molar-refractivity contribution >= 4 is 23.1 Å². The third-order valence-corrected chi connectivity index (χ3v) is 7.66. The highest BCUT2D eigenvalue weighted by Gasteiger charge is 2.49. The first-order valence-corrected chi connectivity index (χ1v) is 12.7. The summed E-state index contributed by atoms with van der Waals surface area (Å²) in [6, 6.07) is 13.1. The van der Waals surface area contributed by atoms with Crippen molar-refractivity contribution in [2.45, 2.75) is 50.9 Å².